The lowest BCUT2D eigenvalue weighted by atomic mass is 10.1. The number of hydrogen-bond acceptors (Lipinski definition) is 11. The zero-order chi connectivity index (χ0) is 28.7. The normalized spacial score (nSPS) is 15.3. The van der Waals surface area contributed by atoms with Crippen LogP contribution in [0, 0.1) is 6.92 Å². The van der Waals surface area contributed by atoms with E-state index in [2.05, 4.69) is 35.4 Å². The van der Waals surface area contributed by atoms with E-state index in [-0.39, 0.29) is 11.5 Å². The molecule has 0 radical (unpaired) electrons. The van der Waals surface area contributed by atoms with Gasteiger partial charge in [0.2, 0.25) is 5.88 Å². The zero-order valence-electron chi connectivity index (χ0n) is 22.6. The maximum Gasteiger partial charge on any atom is 0.224 e. The van der Waals surface area contributed by atoms with Gasteiger partial charge in [0.25, 0.3) is 0 Å². The van der Waals surface area contributed by atoms with Crippen LogP contribution >= 0.6 is 0 Å². The zero-order valence-corrected chi connectivity index (χ0v) is 23.5. The van der Waals surface area contributed by atoms with Gasteiger partial charge in [0.1, 0.15) is 42.1 Å². The summed E-state index contributed by atoms with van der Waals surface area (Å²) in [5, 5.41) is 12.2. The first-order valence-electron chi connectivity index (χ1n) is 13.4. The third kappa shape index (κ3) is 5.39. The summed E-state index contributed by atoms with van der Waals surface area (Å²) in [5.41, 5.74) is 4.09. The monoisotopic (exact) mass is 582 g/mol. The maximum atomic E-state index is 11.7. The van der Waals surface area contributed by atoms with Crippen molar-refractivity contribution in [3.63, 3.8) is 0 Å². The first-order chi connectivity index (χ1) is 20.4. The Kier molecular flexibility index (Phi) is 6.52. The van der Waals surface area contributed by atoms with Crippen LogP contribution in [-0.2, 0) is 16.4 Å². The van der Waals surface area contributed by atoms with E-state index >= 15 is 0 Å². The number of furan rings is 1. The average Bonchev–Trinajstić information content (AvgIpc) is 3.65. The summed E-state index contributed by atoms with van der Waals surface area (Å²) < 4.78 is 37.3. The maximum absolute atomic E-state index is 11.7. The molecule has 0 aliphatic carbocycles. The molecule has 13 heteroatoms. The van der Waals surface area contributed by atoms with Crippen molar-refractivity contribution in [3.05, 3.63) is 84.9 Å². The lowest BCUT2D eigenvalue weighted by molar-refractivity contribution is 0.263. The van der Waals surface area contributed by atoms with Gasteiger partial charge in [0.05, 0.1) is 23.6 Å². The average molecular weight is 583 g/mol. The van der Waals surface area contributed by atoms with Crippen molar-refractivity contribution >= 4 is 37.9 Å². The van der Waals surface area contributed by atoms with E-state index in [1.54, 1.807) is 23.1 Å². The number of fused-ring (bicyclic) bond motifs is 2. The molecular weight excluding hydrogens is 556 g/mol. The van der Waals surface area contributed by atoms with E-state index in [0.29, 0.717) is 42.7 Å². The van der Waals surface area contributed by atoms with E-state index in [9.17, 15) is 8.42 Å². The highest BCUT2D eigenvalue weighted by atomic mass is 32.2. The molecule has 4 aromatic heterocycles. The molecule has 212 valence electrons. The molecule has 1 aliphatic rings. The van der Waals surface area contributed by atoms with Gasteiger partial charge < -0.3 is 14.5 Å². The summed E-state index contributed by atoms with van der Waals surface area (Å²) in [5.74, 6) is 3.66. The number of anilines is 2. The van der Waals surface area contributed by atoms with Crippen molar-refractivity contribution in [3.8, 4) is 23.0 Å². The molecular formula is C29H26N8O4S. The van der Waals surface area contributed by atoms with E-state index in [1.807, 2.05) is 55.5 Å². The van der Waals surface area contributed by atoms with Crippen molar-refractivity contribution < 1.29 is 17.6 Å². The van der Waals surface area contributed by atoms with Crippen LogP contribution in [-0.4, -0.2) is 67.5 Å². The Bertz CT molecular complexity index is 2020. The summed E-state index contributed by atoms with van der Waals surface area (Å²) in [6.07, 6.45) is 4.72. The summed E-state index contributed by atoms with van der Waals surface area (Å²) in [6.45, 7) is 3.57. The minimum Gasteiger partial charge on any atom is -0.460 e. The summed E-state index contributed by atoms with van der Waals surface area (Å²) in [6, 6.07) is 17.3. The van der Waals surface area contributed by atoms with Crippen LogP contribution in [0.15, 0.2) is 78.0 Å². The third-order valence-electron chi connectivity index (χ3n) is 7.21. The van der Waals surface area contributed by atoms with Gasteiger partial charge in [-0.2, -0.15) is 0 Å². The molecule has 1 aliphatic heterocycles. The molecule has 0 amide bonds. The standard InChI is InChI=1S/C29H26N8O4S/c1-19-12-21(3-6-25(19)41-28-14-27-35-33-18-37(27)17-32-28)34-29-23-13-20(2-5-24(23)30-16-31-29)26-7-4-22(40-26)15-36-8-10-42(38,39)11-9-36/h2-7,12-14,16-18H,8-11,15H2,1H3,(H,30,31,34). The number of aryl methyl sites for hydroxylation is 1. The lowest BCUT2D eigenvalue weighted by Gasteiger charge is -2.25. The fraction of sp³-hybridized carbons (Fsp3) is 0.207. The van der Waals surface area contributed by atoms with Gasteiger partial charge >= 0.3 is 0 Å². The highest BCUT2D eigenvalue weighted by molar-refractivity contribution is 7.91. The molecule has 0 saturated carbocycles. The number of ether oxygens (including phenoxy) is 1. The molecule has 1 N–H and O–H groups in total. The molecule has 42 heavy (non-hydrogen) atoms. The third-order valence-corrected chi connectivity index (χ3v) is 8.82. The van der Waals surface area contributed by atoms with E-state index in [1.165, 1.54) is 6.33 Å². The molecule has 6 aromatic rings. The SMILES string of the molecule is Cc1cc(Nc2ncnc3ccc(-c4ccc(CN5CCS(=O)(=O)CC5)o4)cc23)ccc1Oc1cc2nncn2cn1. The number of sulfone groups is 1. The van der Waals surface area contributed by atoms with Crippen LogP contribution in [0.2, 0.25) is 0 Å². The van der Waals surface area contributed by atoms with Gasteiger partial charge in [-0.15, -0.1) is 10.2 Å². The van der Waals surface area contributed by atoms with Crippen LogP contribution in [0.3, 0.4) is 0 Å². The molecule has 1 saturated heterocycles. The second-order valence-corrected chi connectivity index (χ2v) is 12.5. The summed E-state index contributed by atoms with van der Waals surface area (Å²) in [7, 11) is -2.92. The lowest BCUT2D eigenvalue weighted by Crippen LogP contribution is -2.39. The van der Waals surface area contributed by atoms with Crippen molar-refractivity contribution in [2.24, 2.45) is 0 Å². The Morgan fingerprint density at radius 3 is 2.71 bits per heavy atom. The fourth-order valence-electron chi connectivity index (χ4n) is 4.91. The van der Waals surface area contributed by atoms with Gasteiger partial charge in [0.15, 0.2) is 15.5 Å². The van der Waals surface area contributed by atoms with Crippen LogP contribution < -0.4 is 10.1 Å². The molecule has 12 nitrogen and oxygen atoms in total. The summed E-state index contributed by atoms with van der Waals surface area (Å²) in [4.78, 5) is 15.3. The molecule has 0 spiro atoms. The Hall–Kier alpha value is -4.88. The molecule has 2 aromatic carbocycles. The van der Waals surface area contributed by atoms with Gasteiger partial charge in [-0.25, -0.2) is 23.4 Å². The van der Waals surface area contributed by atoms with Crippen molar-refractivity contribution in [2.75, 3.05) is 29.9 Å². The van der Waals surface area contributed by atoms with E-state index in [0.717, 1.165) is 39.2 Å². The Morgan fingerprint density at radius 1 is 0.976 bits per heavy atom. The Morgan fingerprint density at radius 2 is 1.86 bits per heavy atom. The van der Waals surface area contributed by atoms with Crippen LogP contribution in [0.1, 0.15) is 11.3 Å². The highest BCUT2D eigenvalue weighted by Gasteiger charge is 2.22. The Labute approximate surface area is 240 Å². The number of nitrogens with one attached hydrogen (secondary N) is 1. The van der Waals surface area contributed by atoms with Gasteiger partial charge in [-0.1, -0.05) is 0 Å². The van der Waals surface area contributed by atoms with Gasteiger partial charge in [-0.3, -0.25) is 9.30 Å². The van der Waals surface area contributed by atoms with Gasteiger partial charge in [-0.05, 0) is 61.0 Å². The minimum atomic E-state index is -2.92. The molecule has 5 heterocycles. The highest BCUT2D eigenvalue weighted by Crippen LogP contribution is 2.32. The van der Waals surface area contributed by atoms with Crippen LogP contribution in [0.25, 0.3) is 27.9 Å². The Balaban J connectivity index is 1.09. The van der Waals surface area contributed by atoms with Crippen LogP contribution in [0.5, 0.6) is 11.6 Å². The van der Waals surface area contributed by atoms with Crippen LogP contribution in [0.4, 0.5) is 11.5 Å². The molecule has 7 rings (SSSR count). The predicted octanol–water partition coefficient (Wildman–Crippen LogP) is 4.40. The number of aromatic nitrogens is 6. The quantitative estimate of drug-likeness (QED) is 0.286. The predicted molar refractivity (Wildman–Crippen MR) is 156 cm³/mol. The topological polar surface area (TPSA) is 141 Å². The first kappa shape index (κ1) is 26.0. The molecule has 0 bridgehead atoms. The first-order valence-corrected chi connectivity index (χ1v) is 15.2. The number of nitrogens with zero attached hydrogens (tertiary/aromatic N) is 7. The van der Waals surface area contributed by atoms with Crippen molar-refractivity contribution in [1.29, 1.82) is 0 Å². The smallest absolute Gasteiger partial charge is 0.224 e. The van der Waals surface area contributed by atoms with E-state index < -0.39 is 9.84 Å². The molecule has 0 atom stereocenters. The number of benzene rings is 2. The second kappa shape index (κ2) is 10.5. The summed E-state index contributed by atoms with van der Waals surface area (Å²) >= 11 is 0. The van der Waals surface area contributed by atoms with Crippen molar-refractivity contribution in [1.82, 2.24) is 34.4 Å². The molecule has 0 unspecified atom stereocenters. The number of rotatable bonds is 7. The second-order valence-electron chi connectivity index (χ2n) is 10.2. The molecule has 1 fully saturated rings. The minimum absolute atomic E-state index is 0.188. The van der Waals surface area contributed by atoms with Gasteiger partial charge in [0, 0.05) is 35.8 Å². The largest absolute Gasteiger partial charge is 0.460 e. The fourth-order valence-corrected chi connectivity index (χ4v) is 6.19. The van der Waals surface area contributed by atoms with E-state index in [4.69, 9.17) is 9.15 Å². The number of hydrogen-bond donors (Lipinski definition) is 1. The van der Waals surface area contributed by atoms with Crippen molar-refractivity contribution in [2.45, 2.75) is 13.5 Å².